The van der Waals surface area contributed by atoms with E-state index in [9.17, 15) is 0 Å². The minimum absolute atomic E-state index is 0.495. The highest BCUT2D eigenvalue weighted by Crippen LogP contribution is 1.96. The second kappa shape index (κ2) is 6.20. The Bertz CT molecular complexity index is 392. The Hall–Kier alpha value is -1.62. The van der Waals surface area contributed by atoms with Crippen LogP contribution in [-0.2, 0) is 13.0 Å². The van der Waals surface area contributed by atoms with Gasteiger partial charge in [0.15, 0.2) is 0 Å². The minimum Gasteiger partial charge on any atom is -0.349 e. The van der Waals surface area contributed by atoms with Gasteiger partial charge in [-0.05, 0) is 19.4 Å². The first-order valence-electron chi connectivity index (χ1n) is 6.03. The summed E-state index contributed by atoms with van der Waals surface area (Å²) in [5.41, 5.74) is 0. The standard InChI is InChI=1S/C12H19N5/c1-11(4-10-17-9-2-5-16-17)13-6-3-12-14-7-8-15-12/h2,5,7-9,11,13H,3-4,6,10H2,1H3,(H,14,15)/t11-/m0/s1. The molecule has 0 amide bonds. The first-order chi connectivity index (χ1) is 8.34. The fourth-order valence-corrected chi connectivity index (χ4v) is 1.73. The number of H-pyrrole nitrogens is 1. The van der Waals surface area contributed by atoms with Gasteiger partial charge in [-0.15, -0.1) is 0 Å². The quantitative estimate of drug-likeness (QED) is 0.756. The van der Waals surface area contributed by atoms with Gasteiger partial charge in [-0.3, -0.25) is 4.68 Å². The Morgan fingerprint density at radius 3 is 3.12 bits per heavy atom. The molecule has 5 nitrogen and oxygen atoms in total. The summed E-state index contributed by atoms with van der Waals surface area (Å²) < 4.78 is 1.96. The monoisotopic (exact) mass is 233 g/mol. The third-order valence-electron chi connectivity index (χ3n) is 2.76. The van der Waals surface area contributed by atoms with Crippen molar-refractivity contribution in [1.29, 1.82) is 0 Å². The summed E-state index contributed by atoms with van der Waals surface area (Å²) in [6.45, 7) is 4.11. The first kappa shape index (κ1) is 11.9. The van der Waals surface area contributed by atoms with Crippen molar-refractivity contribution in [2.75, 3.05) is 6.54 Å². The van der Waals surface area contributed by atoms with Crippen LogP contribution < -0.4 is 5.32 Å². The predicted octanol–water partition coefficient (Wildman–Crippen LogP) is 1.22. The molecule has 2 aromatic heterocycles. The van der Waals surface area contributed by atoms with Gasteiger partial charge in [0.2, 0.25) is 0 Å². The summed E-state index contributed by atoms with van der Waals surface area (Å²) in [6, 6.07) is 2.45. The highest BCUT2D eigenvalue weighted by Gasteiger charge is 2.02. The SMILES string of the molecule is C[C@@H](CCn1cccn1)NCCc1ncc[nH]1. The maximum absolute atomic E-state index is 4.19. The number of aromatic amines is 1. The van der Waals surface area contributed by atoms with Crippen molar-refractivity contribution in [3.63, 3.8) is 0 Å². The average molecular weight is 233 g/mol. The molecule has 0 aliphatic carbocycles. The van der Waals surface area contributed by atoms with Crippen molar-refractivity contribution in [2.45, 2.75) is 32.4 Å². The van der Waals surface area contributed by atoms with Crippen LogP contribution in [0.15, 0.2) is 30.9 Å². The molecule has 2 rings (SSSR count). The second-order valence-electron chi connectivity index (χ2n) is 4.20. The van der Waals surface area contributed by atoms with Crippen molar-refractivity contribution in [3.8, 4) is 0 Å². The van der Waals surface area contributed by atoms with Crippen LogP contribution in [0, 0.1) is 0 Å². The highest BCUT2D eigenvalue weighted by atomic mass is 15.3. The molecule has 0 aliphatic heterocycles. The van der Waals surface area contributed by atoms with Gasteiger partial charge in [0.05, 0.1) is 0 Å². The molecule has 0 bridgehead atoms. The fraction of sp³-hybridized carbons (Fsp3) is 0.500. The fourth-order valence-electron chi connectivity index (χ4n) is 1.73. The molecular formula is C12H19N5. The van der Waals surface area contributed by atoms with Crippen molar-refractivity contribution >= 4 is 0 Å². The summed E-state index contributed by atoms with van der Waals surface area (Å²) >= 11 is 0. The summed E-state index contributed by atoms with van der Waals surface area (Å²) in [7, 11) is 0. The Balaban J connectivity index is 1.59. The van der Waals surface area contributed by atoms with Gasteiger partial charge in [0, 0.05) is 50.3 Å². The summed E-state index contributed by atoms with van der Waals surface area (Å²) in [4.78, 5) is 7.29. The summed E-state index contributed by atoms with van der Waals surface area (Å²) in [6.07, 6.45) is 9.48. The van der Waals surface area contributed by atoms with E-state index in [1.165, 1.54) is 0 Å². The Morgan fingerprint density at radius 2 is 2.41 bits per heavy atom. The van der Waals surface area contributed by atoms with Crippen LogP contribution in [-0.4, -0.2) is 32.3 Å². The van der Waals surface area contributed by atoms with Gasteiger partial charge in [-0.2, -0.15) is 5.10 Å². The van der Waals surface area contributed by atoms with E-state index in [1.54, 1.807) is 6.20 Å². The molecule has 0 aromatic carbocycles. The van der Waals surface area contributed by atoms with E-state index in [2.05, 4.69) is 27.3 Å². The van der Waals surface area contributed by atoms with E-state index in [-0.39, 0.29) is 0 Å². The molecule has 92 valence electrons. The zero-order valence-corrected chi connectivity index (χ0v) is 10.1. The van der Waals surface area contributed by atoms with Crippen molar-refractivity contribution in [1.82, 2.24) is 25.1 Å². The normalized spacial score (nSPS) is 12.8. The third kappa shape index (κ3) is 4.03. The van der Waals surface area contributed by atoms with Gasteiger partial charge in [0.25, 0.3) is 0 Å². The van der Waals surface area contributed by atoms with Gasteiger partial charge in [-0.25, -0.2) is 4.98 Å². The Morgan fingerprint density at radius 1 is 1.47 bits per heavy atom. The largest absolute Gasteiger partial charge is 0.349 e. The number of hydrogen-bond acceptors (Lipinski definition) is 3. The summed E-state index contributed by atoms with van der Waals surface area (Å²) in [5.74, 6) is 1.04. The molecule has 0 saturated heterocycles. The number of nitrogens with one attached hydrogen (secondary N) is 2. The highest BCUT2D eigenvalue weighted by molar-refractivity contribution is 4.87. The number of rotatable bonds is 7. The molecule has 0 spiro atoms. The molecule has 2 N–H and O–H groups in total. The second-order valence-corrected chi connectivity index (χ2v) is 4.20. The minimum atomic E-state index is 0.495. The van der Waals surface area contributed by atoms with E-state index < -0.39 is 0 Å². The number of hydrogen-bond donors (Lipinski definition) is 2. The van der Waals surface area contributed by atoms with Crippen LogP contribution >= 0.6 is 0 Å². The Kier molecular flexibility index (Phi) is 4.32. The van der Waals surface area contributed by atoms with Gasteiger partial charge in [0.1, 0.15) is 5.82 Å². The van der Waals surface area contributed by atoms with Gasteiger partial charge < -0.3 is 10.3 Å². The lowest BCUT2D eigenvalue weighted by Gasteiger charge is -2.13. The van der Waals surface area contributed by atoms with Gasteiger partial charge >= 0.3 is 0 Å². The third-order valence-corrected chi connectivity index (χ3v) is 2.76. The zero-order valence-electron chi connectivity index (χ0n) is 10.1. The van der Waals surface area contributed by atoms with Crippen LogP contribution in [0.3, 0.4) is 0 Å². The van der Waals surface area contributed by atoms with Crippen LogP contribution in [0.25, 0.3) is 0 Å². The van der Waals surface area contributed by atoms with Crippen LogP contribution in [0.1, 0.15) is 19.2 Å². The molecular weight excluding hydrogens is 214 g/mol. The first-order valence-corrected chi connectivity index (χ1v) is 6.03. The summed E-state index contributed by atoms with van der Waals surface area (Å²) in [5, 5.41) is 7.67. The van der Waals surface area contributed by atoms with Crippen LogP contribution in [0.4, 0.5) is 0 Å². The zero-order chi connectivity index (χ0) is 11.9. The predicted molar refractivity (Wildman–Crippen MR) is 66.6 cm³/mol. The lowest BCUT2D eigenvalue weighted by atomic mass is 10.2. The smallest absolute Gasteiger partial charge is 0.107 e. The number of imidazole rings is 1. The molecule has 0 saturated carbocycles. The topological polar surface area (TPSA) is 58.5 Å². The van der Waals surface area contributed by atoms with Crippen molar-refractivity contribution in [3.05, 3.63) is 36.7 Å². The van der Waals surface area contributed by atoms with E-state index >= 15 is 0 Å². The maximum Gasteiger partial charge on any atom is 0.107 e. The molecule has 0 unspecified atom stereocenters. The van der Waals surface area contributed by atoms with Gasteiger partial charge in [-0.1, -0.05) is 0 Å². The number of aryl methyl sites for hydroxylation is 1. The van der Waals surface area contributed by atoms with Crippen molar-refractivity contribution < 1.29 is 0 Å². The molecule has 2 aromatic rings. The molecule has 1 atom stereocenters. The Labute approximate surface area is 101 Å². The average Bonchev–Trinajstić information content (AvgIpc) is 2.99. The lowest BCUT2D eigenvalue weighted by molar-refractivity contribution is 0.459. The molecule has 0 aliphatic rings. The number of nitrogens with zero attached hydrogens (tertiary/aromatic N) is 3. The molecule has 2 heterocycles. The molecule has 5 heteroatoms. The maximum atomic E-state index is 4.19. The lowest BCUT2D eigenvalue weighted by Crippen LogP contribution is -2.29. The van der Waals surface area contributed by atoms with E-state index in [0.29, 0.717) is 6.04 Å². The molecule has 0 radical (unpaired) electrons. The van der Waals surface area contributed by atoms with Crippen LogP contribution in [0.2, 0.25) is 0 Å². The van der Waals surface area contributed by atoms with E-state index in [0.717, 1.165) is 31.8 Å². The molecule has 17 heavy (non-hydrogen) atoms. The van der Waals surface area contributed by atoms with E-state index in [1.807, 2.05) is 29.3 Å². The van der Waals surface area contributed by atoms with Crippen LogP contribution in [0.5, 0.6) is 0 Å². The molecule has 0 fully saturated rings. The van der Waals surface area contributed by atoms with Crippen molar-refractivity contribution in [2.24, 2.45) is 0 Å². The van der Waals surface area contributed by atoms with E-state index in [4.69, 9.17) is 0 Å². The number of aromatic nitrogens is 4.